The van der Waals surface area contributed by atoms with Crippen molar-refractivity contribution >= 4 is 29.9 Å². The standard InChI is InChI=1S/C18H27N3O2.HI/c1-3-19-17(21-13-18(2)9-6-10-22-18)20-12-15-11-14-7-4-5-8-16(14)23-15;/h4-5,7-8,15H,3,6,9-13H2,1-2H3,(H2,19,20,21);1H. The highest BCUT2D eigenvalue weighted by Gasteiger charge is 2.29. The van der Waals surface area contributed by atoms with E-state index in [2.05, 4.69) is 36.6 Å². The summed E-state index contributed by atoms with van der Waals surface area (Å²) < 4.78 is 11.8. The van der Waals surface area contributed by atoms with Crippen LogP contribution >= 0.6 is 24.0 Å². The average Bonchev–Trinajstić information content (AvgIpc) is 3.16. The number of aliphatic imine (C=N–C) groups is 1. The van der Waals surface area contributed by atoms with Crippen molar-refractivity contribution in [2.24, 2.45) is 4.99 Å². The van der Waals surface area contributed by atoms with Crippen LogP contribution in [0.15, 0.2) is 29.3 Å². The second kappa shape index (κ2) is 8.89. The smallest absolute Gasteiger partial charge is 0.191 e. The van der Waals surface area contributed by atoms with Gasteiger partial charge in [0.1, 0.15) is 11.9 Å². The number of para-hydroxylation sites is 1. The summed E-state index contributed by atoms with van der Waals surface area (Å²) >= 11 is 0. The van der Waals surface area contributed by atoms with Gasteiger partial charge in [-0.2, -0.15) is 0 Å². The Bertz CT molecular complexity index is 534. The summed E-state index contributed by atoms with van der Waals surface area (Å²) in [6, 6.07) is 8.24. The third-order valence-corrected chi connectivity index (χ3v) is 4.43. The normalized spacial score (nSPS) is 25.6. The zero-order valence-electron chi connectivity index (χ0n) is 14.5. The summed E-state index contributed by atoms with van der Waals surface area (Å²) in [4.78, 5) is 4.69. The molecule has 0 bridgehead atoms. The SMILES string of the molecule is CCNC(=NCC1(C)CCCO1)NCC1Cc2ccccc2O1.I. The lowest BCUT2D eigenvalue weighted by Crippen LogP contribution is -2.43. The molecule has 0 aromatic heterocycles. The Morgan fingerprint density at radius 2 is 2.17 bits per heavy atom. The summed E-state index contributed by atoms with van der Waals surface area (Å²) in [6.45, 7) is 7.35. The average molecular weight is 445 g/mol. The van der Waals surface area contributed by atoms with Crippen molar-refractivity contribution in [1.29, 1.82) is 0 Å². The number of hydrogen-bond acceptors (Lipinski definition) is 3. The lowest BCUT2D eigenvalue weighted by Gasteiger charge is -2.22. The molecule has 5 nitrogen and oxygen atoms in total. The van der Waals surface area contributed by atoms with E-state index in [1.54, 1.807) is 0 Å². The second-order valence-corrected chi connectivity index (χ2v) is 6.53. The van der Waals surface area contributed by atoms with Gasteiger partial charge in [-0.05, 0) is 38.3 Å². The summed E-state index contributed by atoms with van der Waals surface area (Å²) in [7, 11) is 0. The van der Waals surface area contributed by atoms with Crippen LogP contribution < -0.4 is 15.4 Å². The van der Waals surface area contributed by atoms with Crippen molar-refractivity contribution in [2.75, 3.05) is 26.2 Å². The lowest BCUT2D eigenvalue weighted by molar-refractivity contribution is 0.0283. The van der Waals surface area contributed by atoms with Gasteiger partial charge in [-0.3, -0.25) is 4.99 Å². The van der Waals surface area contributed by atoms with Gasteiger partial charge < -0.3 is 20.1 Å². The Balaban J connectivity index is 0.00000208. The van der Waals surface area contributed by atoms with Crippen LogP contribution in [0.25, 0.3) is 0 Å². The molecule has 1 fully saturated rings. The Morgan fingerprint density at radius 1 is 1.33 bits per heavy atom. The predicted octanol–water partition coefficient (Wildman–Crippen LogP) is 2.73. The zero-order chi connectivity index (χ0) is 16.1. The summed E-state index contributed by atoms with van der Waals surface area (Å²) in [5.41, 5.74) is 1.18. The van der Waals surface area contributed by atoms with Gasteiger partial charge in [0.2, 0.25) is 0 Å². The number of fused-ring (bicyclic) bond motifs is 1. The van der Waals surface area contributed by atoms with Crippen LogP contribution in [0.1, 0.15) is 32.3 Å². The molecule has 2 N–H and O–H groups in total. The van der Waals surface area contributed by atoms with Crippen molar-refractivity contribution in [3.8, 4) is 5.75 Å². The minimum absolute atomic E-state index is 0. The lowest BCUT2D eigenvalue weighted by atomic mass is 10.0. The number of guanidine groups is 1. The quantitative estimate of drug-likeness (QED) is 0.416. The predicted molar refractivity (Wildman–Crippen MR) is 108 cm³/mol. The van der Waals surface area contributed by atoms with E-state index in [9.17, 15) is 0 Å². The largest absolute Gasteiger partial charge is 0.488 e. The molecule has 3 rings (SSSR count). The molecule has 2 unspecified atom stereocenters. The first-order valence-corrected chi connectivity index (χ1v) is 8.59. The molecular formula is C18H28IN3O2. The molecule has 6 heteroatoms. The first-order chi connectivity index (χ1) is 11.2. The van der Waals surface area contributed by atoms with Gasteiger partial charge >= 0.3 is 0 Å². The first-order valence-electron chi connectivity index (χ1n) is 8.59. The first kappa shape index (κ1) is 19.3. The van der Waals surface area contributed by atoms with E-state index in [4.69, 9.17) is 14.5 Å². The highest BCUT2D eigenvalue weighted by atomic mass is 127. The molecule has 0 radical (unpaired) electrons. The monoisotopic (exact) mass is 445 g/mol. The van der Waals surface area contributed by atoms with Gasteiger partial charge in [0, 0.05) is 19.6 Å². The molecule has 134 valence electrons. The molecule has 0 aliphatic carbocycles. The van der Waals surface area contributed by atoms with Crippen molar-refractivity contribution in [3.05, 3.63) is 29.8 Å². The molecule has 0 saturated carbocycles. The van der Waals surface area contributed by atoms with E-state index in [1.165, 1.54) is 5.56 Å². The molecule has 0 amide bonds. The van der Waals surface area contributed by atoms with Gasteiger partial charge in [0.15, 0.2) is 5.96 Å². The summed E-state index contributed by atoms with van der Waals surface area (Å²) in [5.74, 6) is 1.84. The highest BCUT2D eigenvalue weighted by molar-refractivity contribution is 14.0. The van der Waals surface area contributed by atoms with Crippen molar-refractivity contribution < 1.29 is 9.47 Å². The van der Waals surface area contributed by atoms with Crippen LogP contribution in [0.4, 0.5) is 0 Å². The highest BCUT2D eigenvalue weighted by Crippen LogP contribution is 2.28. The van der Waals surface area contributed by atoms with Gasteiger partial charge in [-0.25, -0.2) is 0 Å². The maximum Gasteiger partial charge on any atom is 0.191 e. The minimum Gasteiger partial charge on any atom is -0.488 e. The Kier molecular flexibility index (Phi) is 7.16. The molecule has 1 saturated heterocycles. The molecule has 2 aliphatic heterocycles. The Hall–Kier alpha value is -1.02. The van der Waals surface area contributed by atoms with E-state index < -0.39 is 0 Å². The topological polar surface area (TPSA) is 54.9 Å². The molecule has 2 heterocycles. The van der Waals surface area contributed by atoms with Crippen LogP contribution in [0.5, 0.6) is 5.75 Å². The van der Waals surface area contributed by atoms with Crippen LogP contribution in [0, 0.1) is 0 Å². The number of rotatable bonds is 5. The van der Waals surface area contributed by atoms with Crippen LogP contribution in [0.2, 0.25) is 0 Å². The van der Waals surface area contributed by atoms with Gasteiger partial charge in [0.25, 0.3) is 0 Å². The number of benzene rings is 1. The fourth-order valence-electron chi connectivity index (χ4n) is 3.13. The van der Waals surface area contributed by atoms with Gasteiger partial charge in [0.05, 0.1) is 18.7 Å². The molecule has 1 aromatic rings. The summed E-state index contributed by atoms with van der Waals surface area (Å²) in [5, 5.41) is 6.69. The molecule has 1 aromatic carbocycles. The van der Waals surface area contributed by atoms with Crippen LogP contribution in [-0.4, -0.2) is 43.9 Å². The minimum atomic E-state index is -0.109. The zero-order valence-corrected chi connectivity index (χ0v) is 16.8. The summed E-state index contributed by atoms with van der Waals surface area (Å²) in [6.07, 6.45) is 3.32. The van der Waals surface area contributed by atoms with Crippen molar-refractivity contribution in [3.63, 3.8) is 0 Å². The van der Waals surface area contributed by atoms with E-state index in [0.717, 1.165) is 50.7 Å². The third-order valence-electron chi connectivity index (χ3n) is 4.43. The van der Waals surface area contributed by atoms with E-state index in [-0.39, 0.29) is 35.7 Å². The number of ether oxygens (including phenoxy) is 2. The fourth-order valence-corrected chi connectivity index (χ4v) is 3.13. The number of nitrogens with one attached hydrogen (secondary N) is 2. The van der Waals surface area contributed by atoms with Crippen LogP contribution in [0.3, 0.4) is 0 Å². The molecule has 2 aliphatic rings. The van der Waals surface area contributed by atoms with E-state index in [0.29, 0.717) is 6.54 Å². The number of nitrogens with zero attached hydrogens (tertiary/aromatic N) is 1. The molecule has 2 atom stereocenters. The second-order valence-electron chi connectivity index (χ2n) is 6.53. The third kappa shape index (κ3) is 4.99. The fraction of sp³-hybridized carbons (Fsp3) is 0.611. The van der Waals surface area contributed by atoms with Crippen molar-refractivity contribution in [2.45, 2.75) is 44.8 Å². The van der Waals surface area contributed by atoms with Gasteiger partial charge in [-0.1, -0.05) is 18.2 Å². The molecular weight excluding hydrogens is 417 g/mol. The maximum absolute atomic E-state index is 5.96. The van der Waals surface area contributed by atoms with Crippen molar-refractivity contribution in [1.82, 2.24) is 10.6 Å². The molecule has 24 heavy (non-hydrogen) atoms. The van der Waals surface area contributed by atoms with E-state index in [1.807, 2.05) is 12.1 Å². The van der Waals surface area contributed by atoms with Crippen LogP contribution in [-0.2, 0) is 11.2 Å². The number of halogens is 1. The maximum atomic E-state index is 5.96. The van der Waals surface area contributed by atoms with Gasteiger partial charge in [-0.15, -0.1) is 24.0 Å². The molecule has 0 spiro atoms. The Labute approximate surface area is 161 Å². The Morgan fingerprint density at radius 3 is 2.88 bits per heavy atom. The van der Waals surface area contributed by atoms with E-state index >= 15 is 0 Å². The number of hydrogen-bond donors (Lipinski definition) is 2.